The van der Waals surface area contributed by atoms with E-state index in [0.29, 0.717) is 60.3 Å². The molecule has 0 radical (unpaired) electrons. The van der Waals surface area contributed by atoms with E-state index in [-0.39, 0.29) is 17.9 Å². The van der Waals surface area contributed by atoms with Gasteiger partial charge in [0.15, 0.2) is 0 Å². The zero-order chi connectivity index (χ0) is 29.0. The predicted molar refractivity (Wildman–Crippen MR) is 156 cm³/mol. The number of amides is 1. The summed E-state index contributed by atoms with van der Waals surface area (Å²) >= 11 is 12.6. The standard InChI is InChI=1S/C30H39Cl2F3N4O/c1-20(2)16-26(36)24-18-22(30(33,34)35)7-9-27(24)38-12-14-39(15-13-38)29(40)28(37-10-4-3-5-11-37)17-21-6-8-23(31)19-25(21)32/h6-9,18-20,26,28H,3-5,10-17,36H2,1-2H3. The fourth-order valence-corrected chi connectivity index (χ4v) is 6.31. The van der Waals surface area contributed by atoms with E-state index in [0.717, 1.165) is 44.0 Å². The highest BCUT2D eigenvalue weighted by Crippen LogP contribution is 2.37. The molecule has 2 fully saturated rings. The molecule has 2 N–H and O–H groups in total. The maximum Gasteiger partial charge on any atom is 0.416 e. The van der Waals surface area contributed by atoms with Crippen molar-refractivity contribution in [2.45, 2.75) is 64.2 Å². The Kier molecular flexibility index (Phi) is 10.3. The van der Waals surface area contributed by atoms with E-state index in [4.69, 9.17) is 28.9 Å². The molecule has 2 unspecified atom stereocenters. The number of alkyl halides is 3. The molecule has 1 amide bonds. The van der Waals surface area contributed by atoms with Gasteiger partial charge in [0.1, 0.15) is 0 Å². The summed E-state index contributed by atoms with van der Waals surface area (Å²) in [7, 11) is 0. The zero-order valence-electron chi connectivity index (χ0n) is 23.2. The monoisotopic (exact) mass is 598 g/mol. The molecule has 10 heteroatoms. The Morgan fingerprint density at radius 2 is 1.62 bits per heavy atom. The molecule has 2 aromatic carbocycles. The summed E-state index contributed by atoms with van der Waals surface area (Å²) in [5, 5.41) is 1.11. The summed E-state index contributed by atoms with van der Waals surface area (Å²) in [4.78, 5) is 20.1. The van der Waals surface area contributed by atoms with Crippen LogP contribution in [-0.2, 0) is 17.4 Å². The highest BCUT2D eigenvalue weighted by molar-refractivity contribution is 6.35. The van der Waals surface area contributed by atoms with Gasteiger partial charge in [-0.25, -0.2) is 0 Å². The second-order valence-corrected chi connectivity index (χ2v) is 12.2. The van der Waals surface area contributed by atoms with Gasteiger partial charge in [-0.05, 0) is 86.1 Å². The van der Waals surface area contributed by atoms with E-state index in [1.54, 1.807) is 12.1 Å². The largest absolute Gasteiger partial charge is 0.416 e. The number of piperidine rings is 1. The van der Waals surface area contributed by atoms with E-state index in [2.05, 4.69) is 9.80 Å². The van der Waals surface area contributed by atoms with Crippen LogP contribution in [0.3, 0.4) is 0 Å². The van der Waals surface area contributed by atoms with Gasteiger partial charge in [0.25, 0.3) is 0 Å². The Morgan fingerprint density at radius 1 is 0.950 bits per heavy atom. The number of likely N-dealkylation sites (tertiary alicyclic amines) is 1. The average Bonchev–Trinajstić information content (AvgIpc) is 2.91. The average molecular weight is 600 g/mol. The van der Waals surface area contributed by atoms with Crippen molar-refractivity contribution >= 4 is 34.8 Å². The Bertz CT molecular complexity index is 1160. The zero-order valence-corrected chi connectivity index (χ0v) is 24.7. The lowest BCUT2D eigenvalue weighted by Gasteiger charge is -2.41. The molecule has 0 bridgehead atoms. The van der Waals surface area contributed by atoms with Crippen molar-refractivity contribution in [3.8, 4) is 0 Å². The van der Waals surface area contributed by atoms with Gasteiger partial charge in [-0.2, -0.15) is 13.2 Å². The van der Waals surface area contributed by atoms with Crippen LogP contribution in [0.4, 0.5) is 18.9 Å². The molecule has 0 saturated carbocycles. The van der Waals surface area contributed by atoms with Crippen LogP contribution in [0, 0.1) is 5.92 Å². The van der Waals surface area contributed by atoms with Crippen LogP contribution in [0.2, 0.25) is 10.0 Å². The quantitative estimate of drug-likeness (QED) is 0.363. The van der Waals surface area contributed by atoms with Gasteiger partial charge in [0.2, 0.25) is 5.91 Å². The molecule has 220 valence electrons. The number of rotatable bonds is 8. The van der Waals surface area contributed by atoms with Gasteiger partial charge < -0.3 is 15.5 Å². The molecule has 4 rings (SSSR count). The second kappa shape index (κ2) is 13.3. The fraction of sp³-hybridized carbons (Fsp3) is 0.567. The van der Waals surface area contributed by atoms with Gasteiger partial charge >= 0.3 is 6.18 Å². The van der Waals surface area contributed by atoms with Crippen molar-refractivity contribution in [2.75, 3.05) is 44.2 Å². The molecule has 40 heavy (non-hydrogen) atoms. The Morgan fingerprint density at radius 3 is 2.23 bits per heavy atom. The predicted octanol–water partition coefficient (Wildman–Crippen LogP) is 6.80. The summed E-state index contributed by atoms with van der Waals surface area (Å²) in [5.41, 5.74) is 7.85. The van der Waals surface area contributed by atoms with Gasteiger partial charge in [-0.1, -0.05) is 49.5 Å². The number of nitrogens with two attached hydrogens (primary N) is 1. The molecule has 2 saturated heterocycles. The third-order valence-corrected chi connectivity index (χ3v) is 8.54. The molecule has 2 aliphatic rings. The lowest BCUT2D eigenvalue weighted by atomic mass is 9.94. The van der Waals surface area contributed by atoms with E-state index in [9.17, 15) is 18.0 Å². The first kappa shape index (κ1) is 30.9. The molecule has 2 aromatic rings. The van der Waals surface area contributed by atoms with Gasteiger partial charge in [0, 0.05) is 48.0 Å². The minimum atomic E-state index is -4.44. The maximum atomic E-state index is 13.9. The molecule has 0 aliphatic carbocycles. The lowest BCUT2D eigenvalue weighted by Crippen LogP contribution is -2.56. The third-order valence-electron chi connectivity index (χ3n) is 7.96. The number of piperazine rings is 1. The Labute approximate surface area is 245 Å². The van der Waals surface area contributed by atoms with E-state index < -0.39 is 17.8 Å². The van der Waals surface area contributed by atoms with Crippen molar-refractivity contribution in [1.29, 1.82) is 0 Å². The topological polar surface area (TPSA) is 52.8 Å². The Balaban J connectivity index is 1.51. The van der Waals surface area contributed by atoms with Crippen LogP contribution in [0.15, 0.2) is 36.4 Å². The highest BCUT2D eigenvalue weighted by Gasteiger charge is 2.35. The first-order chi connectivity index (χ1) is 18.9. The number of benzene rings is 2. The molecule has 2 aliphatic heterocycles. The van der Waals surface area contributed by atoms with Crippen molar-refractivity contribution in [3.05, 3.63) is 63.1 Å². The minimum Gasteiger partial charge on any atom is -0.368 e. The molecular formula is C30H39Cl2F3N4O. The maximum absolute atomic E-state index is 13.9. The van der Waals surface area contributed by atoms with Crippen LogP contribution in [0.25, 0.3) is 0 Å². The number of carbonyl (C=O) groups excluding carboxylic acids is 1. The molecule has 2 heterocycles. The first-order valence-corrected chi connectivity index (χ1v) is 14.9. The minimum absolute atomic E-state index is 0.0664. The molecular weight excluding hydrogens is 560 g/mol. The summed E-state index contributed by atoms with van der Waals surface area (Å²) in [6.45, 7) is 7.75. The fourth-order valence-electron chi connectivity index (χ4n) is 5.83. The second-order valence-electron chi connectivity index (χ2n) is 11.4. The molecule has 0 aromatic heterocycles. The highest BCUT2D eigenvalue weighted by atomic mass is 35.5. The number of hydrogen-bond donors (Lipinski definition) is 1. The Hall–Kier alpha value is -2.00. The van der Waals surface area contributed by atoms with Crippen LogP contribution >= 0.6 is 23.2 Å². The normalized spacial score (nSPS) is 18.7. The summed E-state index contributed by atoms with van der Waals surface area (Å²) in [5.74, 6) is 0.310. The van der Waals surface area contributed by atoms with Crippen molar-refractivity contribution in [1.82, 2.24) is 9.80 Å². The molecule has 5 nitrogen and oxygen atoms in total. The van der Waals surface area contributed by atoms with Gasteiger partial charge in [-0.15, -0.1) is 0 Å². The van der Waals surface area contributed by atoms with Crippen LogP contribution in [0.5, 0.6) is 0 Å². The van der Waals surface area contributed by atoms with Crippen molar-refractivity contribution in [2.24, 2.45) is 11.7 Å². The summed E-state index contributed by atoms with van der Waals surface area (Å²) in [6.07, 6.45) is -0.0866. The number of halogens is 5. The first-order valence-electron chi connectivity index (χ1n) is 14.1. The van der Waals surface area contributed by atoms with Crippen molar-refractivity contribution in [3.63, 3.8) is 0 Å². The SMILES string of the molecule is CC(C)CC(N)c1cc(C(F)(F)F)ccc1N1CCN(C(=O)C(Cc2ccc(Cl)cc2Cl)N2CCCCC2)CC1. The number of hydrogen-bond acceptors (Lipinski definition) is 4. The van der Waals surface area contributed by atoms with Gasteiger partial charge in [0.05, 0.1) is 11.6 Å². The number of anilines is 1. The van der Waals surface area contributed by atoms with E-state index >= 15 is 0 Å². The van der Waals surface area contributed by atoms with Crippen LogP contribution in [-0.4, -0.2) is 61.0 Å². The van der Waals surface area contributed by atoms with E-state index in [1.165, 1.54) is 12.1 Å². The van der Waals surface area contributed by atoms with Crippen LogP contribution < -0.4 is 10.6 Å². The molecule has 2 atom stereocenters. The third kappa shape index (κ3) is 7.64. The number of carbonyl (C=O) groups is 1. The van der Waals surface area contributed by atoms with Crippen LogP contribution in [0.1, 0.15) is 62.3 Å². The molecule has 0 spiro atoms. The number of nitrogens with zero attached hydrogens (tertiary/aromatic N) is 3. The van der Waals surface area contributed by atoms with E-state index in [1.807, 2.05) is 24.8 Å². The summed E-state index contributed by atoms with van der Waals surface area (Å²) in [6, 6.07) is 8.42. The summed E-state index contributed by atoms with van der Waals surface area (Å²) < 4.78 is 40.6. The van der Waals surface area contributed by atoms with Gasteiger partial charge in [-0.3, -0.25) is 9.69 Å². The lowest BCUT2D eigenvalue weighted by molar-refractivity contribution is -0.138. The smallest absolute Gasteiger partial charge is 0.368 e. The van der Waals surface area contributed by atoms with Crippen molar-refractivity contribution < 1.29 is 18.0 Å².